The highest BCUT2D eigenvalue weighted by Gasteiger charge is 2.34. The number of hydrogen-bond donors (Lipinski definition) is 0. The number of amides is 2. The van der Waals surface area contributed by atoms with Crippen LogP contribution in [-0.4, -0.2) is 54.6 Å². The Morgan fingerprint density at radius 1 is 1.11 bits per heavy atom. The van der Waals surface area contributed by atoms with Gasteiger partial charge in [0.1, 0.15) is 11.6 Å². The number of aromatic nitrogens is 3. The van der Waals surface area contributed by atoms with Gasteiger partial charge in [0.2, 0.25) is 5.88 Å². The lowest BCUT2D eigenvalue weighted by molar-refractivity contribution is 0.0796. The van der Waals surface area contributed by atoms with E-state index in [9.17, 15) is 13.6 Å². The fourth-order valence-electron chi connectivity index (χ4n) is 4.08. The van der Waals surface area contributed by atoms with Crippen LogP contribution >= 0.6 is 0 Å². The number of rotatable bonds is 9. The van der Waals surface area contributed by atoms with E-state index in [1.807, 2.05) is 18.3 Å². The number of urea groups is 1. The molecule has 1 aliphatic rings. The number of carbonyl (C=O) groups excluding carboxylic acids is 1. The smallest absolute Gasteiger partial charge is 0.335 e. The number of benzene rings is 2. The Labute approximate surface area is 216 Å². The Kier molecular flexibility index (Phi) is 5.87. The topological polar surface area (TPSA) is 82.0 Å². The van der Waals surface area contributed by atoms with Gasteiger partial charge in [-0.05, 0) is 48.5 Å². The Hall–Kier alpha value is -4.25. The molecule has 1 aliphatic heterocycles. The van der Waals surface area contributed by atoms with Crippen molar-refractivity contribution in [2.45, 2.75) is 19.5 Å². The average molecular weight is 513 g/mol. The highest BCUT2D eigenvalue weighted by molar-refractivity contribution is 6.10. The van der Waals surface area contributed by atoms with Crippen molar-refractivity contribution in [2.24, 2.45) is 0 Å². The van der Waals surface area contributed by atoms with Gasteiger partial charge in [0.25, 0.3) is 6.43 Å². The van der Waals surface area contributed by atoms with Crippen molar-refractivity contribution in [3.05, 3.63) is 66.4 Å². The molecule has 2 aromatic carbocycles. The Morgan fingerprint density at radius 2 is 1.92 bits per heavy atom. The normalized spacial score (nSPS) is 14.9. The minimum Gasteiger partial charge on any atom is -0.497 e. The standard InChI is InChI=1S/C26H25F2N5O4/c1-35-12-11-31-14-18-13-20(6-9-22(18)30-31)32-15-17-3-10-24(37-16-23(27)28)29-25(17)33(26(32)34)19-4-7-21(36-2)8-5-19/h3-10,13-14,23H,11-12,15-16H2,1-2H3/i2D3. The van der Waals surface area contributed by atoms with Gasteiger partial charge in [-0.3, -0.25) is 9.58 Å². The summed E-state index contributed by atoms with van der Waals surface area (Å²) >= 11 is 0. The molecule has 37 heavy (non-hydrogen) atoms. The first-order valence-corrected chi connectivity index (χ1v) is 11.4. The van der Waals surface area contributed by atoms with Crippen molar-refractivity contribution in [1.29, 1.82) is 0 Å². The lowest BCUT2D eigenvalue weighted by Crippen LogP contribution is -2.45. The summed E-state index contributed by atoms with van der Waals surface area (Å²) in [5.74, 6) is 0.242. The second-order valence-corrected chi connectivity index (χ2v) is 8.26. The SMILES string of the molecule is [2H]C([2H])([2H])Oc1ccc(N2C(=O)N(c3ccc4nn(CCOC)cc4c3)Cc3ccc(OCC(F)F)nc32)cc1. The molecule has 0 N–H and O–H groups in total. The van der Waals surface area contributed by atoms with E-state index in [4.69, 9.17) is 18.3 Å². The fourth-order valence-corrected chi connectivity index (χ4v) is 4.08. The molecule has 0 aliphatic carbocycles. The molecule has 4 aromatic rings. The quantitative estimate of drug-likeness (QED) is 0.314. The van der Waals surface area contributed by atoms with E-state index in [0.29, 0.717) is 30.1 Å². The summed E-state index contributed by atoms with van der Waals surface area (Å²) < 4.78 is 64.3. The average Bonchev–Trinajstić information content (AvgIpc) is 3.32. The highest BCUT2D eigenvalue weighted by Crippen LogP contribution is 2.38. The molecule has 0 atom stereocenters. The predicted molar refractivity (Wildman–Crippen MR) is 134 cm³/mol. The van der Waals surface area contributed by atoms with E-state index < -0.39 is 26.1 Å². The molecule has 3 heterocycles. The van der Waals surface area contributed by atoms with Crippen LogP contribution in [0.25, 0.3) is 10.9 Å². The van der Waals surface area contributed by atoms with Gasteiger partial charge in [0, 0.05) is 36.0 Å². The molecule has 0 spiro atoms. The zero-order valence-electron chi connectivity index (χ0n) is 22.8. The van der Waals surface area contributed by atoms with Crippen LogP contribution in [0.2, 0.25) is 0 Å². The van der Waals surface area contributed by atoms with Gasteiger partial charge >= 0.3 is 6.03 Å². The van der Waals surface area contributed by atoms with Crippen molar-refractivity contribution in [3.63, 3.8) is 0 Å². The molecule has 2 amide bonds. The Balaban J connectivity index is 1.52. The largest absolute Gasteiger partial charge is 0.497 e. The van der Waals surface area contributed by atoms with Crippen LogP contribution in [0.1, 0.15) is 9.68 Å². The molecular formula is C26H25F2N5O4. The number of alkyl halides is 2. The van der Waals surface area contributed by atoms with Crippen LogP contribution in [0.4, 0.5) is 30.8 Å². The van der Waals surface area contributed by atoms with Crippen LogP contribution in [0, 0.1) is 0 Å². The van der Waals surface area contributed by atoms with Gasteiger partial charge in [-0.15, -0.1) is 0 Å². The molecule has 0 radical (unpaired) electrons. The third-order valence-electron chi connectivity index (χ3n) is 5.83. The van der Waals surface area contributed by atoms with Crippen molar-refractivity contribution in [2.75, 3.05) is 37.2 Å². The van der Waals surface area contributed by atoms with E-state index >= 15 is 0 Å². The molecule has 0 unspecified atom stereocenters. The van der Waals surface area contributed by atoms with Crippen molar-refractivity contribution < 1.29 is 31.9 Å². The molecular weight excluding hydrogens is 484 g/mol. The van der Waals surface area contributed by atoms with Gasteiger partial charge in [-0.25, -0.2) is 18.5 Å². The van der Waals surface area contributed by atoms with Crippen LogP contribution in [0.3, 0.4) is 0 Å². The highest BCUT2D eigenvalue weighted by atomic mass is 19.3. The summed E-state index contributed by atoms with van der Waals surface area (Å²) in [5.41, 5.74) is 2.37. The maximum Gasteiger partial charge on any atom is 0.335 e. The number of carbonyl (C=O) groups is 1. The van der Waals surface area contributed by atoms with Crippen molar-refractivity contribution >= 4 is 34.1 Å². The number of methoxy groups -OCH3 is 2. The number of fused-ring (bicyclic) bond motifs is 2. The lowest BCUT2D eigenvalue weighted by atomic mass is 10.1. The van der Waals surface area contributed by atoms with E-state index in [2.05, 4.69) is 10.1 Å². The fraction of sp³-hybridized carbons (Fsp3) is 0.269. The zero-order valence-corrected chi connectivity index (χ0v) is 19.8. The third-order valence-corrected chi connectivity index (χ3v) is 5.83. The molecule has 0 fully saturated rings. The zero-order chi connectivity index (χ0) is 28.4. The number of hydrogen-bond acceptors (Lipinski definition) is 6. The molecule has 9 nitrogen and oxygen atoms in total. The van der Waals surface area contributed by atoms with Crippen LogP contribution in [0.5, 0.6) is 11.6 Å². The number of ether oxygens (including phenoxy) is 3. The minimum atomic E-state index is -2.69. The first-order valence-electron chi connectivity index (χ1n) is 12.9. The molecule has 0 saturated heterocycles. The molecule has 0 saturated carbocycles. The van der Waals surface area contributed by atoms with Gasteiger partial charge in [0.15, 0.2) is 6.61 Å². The first kappa shape index (κ1) is 20.9. The summed E-state index contributed by atoms with van der Waals surface area (Å²) in [4.78, 5) is 21.2. The molecule has 192 valence electrons. The summed E-state index contributed by atoms with van der Waals surface area (Å²) in [5, 5.41) is 5.35. The second-order valence-electron chi connectivity index (χ2n) is 8.26. The van der Waals surface area contributed by atoms with Gasteiger partial charge in [-0.1, -0.05) is 0 Å². The van der Waals surface area contributed by atoms with E-state index in [0.717, 1.165) is 10.9 Å². The number of halogens is 2. The monoisotopic (exact) mass is 512 g/mol. The molecule has 11 heteroatoms. The minimum absolute atomic E-state index is 0.0578. The summed E-state index contributed by atoms with van der Waals surface area (Å²) in [6, 6.07) is 14.0. The summed E-state index contributed by atoms with van der Waals surface area (Å²) in [7, 11) is -1.02. The molecule has 0 bridgehead atoms. The van der Waals surface area contributed by atoms with E-state index in [1.54, 1.807) is 28.8 Å². The van der Waals surface area contributed by atoms with E-state index in [-0.39, 0.29) is 24.0 Å². The second kappa shape index (κ2) is 10.4. The Bertz CT molecular complexity index is 1510. The van der Waals surface area contributed by atoms with Crippen LogP contribution in [0.15, 0.2) is 60.8 Å². The first-order chi connectivity index (χ1) is 19.1. The van der Waals surface area contributed by atoms with Crippen LogP contribution < -0.4 is 19.3 Å². The summed E-state index contributed by atoms with van der Waals surface area (Å²) in [6.07, 6.45) is -0.818. The molecule has 2 aromatic heterocycles. The summed E-state index contributed by atoms with van der Waals surface area (Å²) in [6.45, 7) is 0.401. The van der Waals surface area contributed by atoms with Gasteiger partial charge < -0.3 is 14.2 Å². The molecule has 5 rings (SSSR count). The Morgan fingerprint density at radius 3 is 2.68 bits per heavy atom. The van der Waals surface area contributed by atoms with Crippen molar-refractivity contribution in [3.8, 4) is 11.6 Å². The predicted octanol–water partition coefficient (Wildman–Crippen LogP) is 5.01. The number of anilines is 3. The maximum atomic E-state index is 14.0. The van der Waals surface area contributed by atoms with Gasteiger partial charge in [-0.2, -0.15) is 10.1 Å². The lowest BCUT2D eigenvalue weighted by Gasteiger charge is -2.36. The third kappa shape index (κ3) is 5.03. The van der Waals surface area contributed by atoms with Gasteiger partial charge in [0.05, 0.1) is 42.1 Å². The van der Waals surface area contributed by atoms with E-state index in [1.165, 1.54) is 35.2 Å². The number of nitrogens with zero attached hydrogens (tertiary/aromatic N) is 5. The maximum absolute atomic E-state index is 14.0. The van der Waals surface area contributed by atoms with Crippen molar-refractivity contribution in [1.82, 2.24) is 14.8 Å². The van der Waals surface area contributed by atoms with Crippen LogP contribution in [-0.2, 0) is 17.8 Å². The number of pyridine rings is 1.